The van der Waals surface area contributed by atoms with Crippen molar-refractivity contribution in [3.63, 3.8) is 0 Å². The molecule has 1 rings (SSSR count). The summed E-state index contributed by atoms with van der Waals surface area (Å²) in [5.41, 5.74) is 0. The molecule has 0 spiro atoms. The van der Waals surface area contributed by atoms with Crippen molar-refractivity contribution in [3.8, 4) is 0 Å². The normalized spacial score (nSPS) is 31.9. The predicted octanol–water partition coefficient (Wildman–Crippen LogP) is 1.69. The Morgan fingerprint density at radius 1 is 1.36 bits per heavy atom. The van der Waals surface area contributed by atoms with Crippen LogP contribution in [0.4, 0.5) is 0 Å². The van der Waals surface area contributed by atoms with E-state index < -0.39 is 7.12 Å². The molecule has 1 fully saturated rings. The van der Waals surface area contributed by atoms with Crippen LogP contribution in [0.1, 0.15) is 32.6 Å². The predicted molar refractivity (Wildman–Crippen MR) is 46.3 cm³/mol. The molecule has 11 heavy (non-hydrogen) atoms. The first-order valence-corrected chi connectivity index (χ1v) is 4.53. The lowest BCUT2D eigenvalue weighted by Crippen LogP contribution is -2.31. The third-order valence-electron chi connectivity index (χ3n) is 2.40. The van der Waals surface area contributed by atoms with Crippen LogP contribution in [-0.2, 0) is 4.65 Å². The number of rotatable bonds is 2. The molecule has 0 aliphatic heterocycles. The molecule has 0 radical (unpaired) electrons. The fourth-order valence-corrected chi connectivity index (χ4v) is 1.74. The molecule has 0 saturated heterocycles. The van der Waals surface area contributed by atoms with Crippen LogP contribution in [0.2, 0.25) is 6.82 Å². The zero-order valence-electron chi connectivity index (χ0n) is 7.42. The molecule has 0 bridgehead atoms. The smallest absolute Gasteiger partial charge is 0.427 e. The highest BCUT2D eigenvalue weighted by molar-refractivity contribution is 6.40. The quantitative estimate of drug-likeness (QED) is 0.616. The molecule has 1 saturated carbocycles. The molecular weight excluding hydrogens is 139 g/mol. The van der Waals surface area contributed by atoms with Gasteiger partial charge in [-0.1, -0.05) is 19.8 Å². The molecule has 1 aliphatic rings. The van der Waals surface area contributed by atoms with E-state index in [4.69, 9.17) is 9.68 Å². The SMILES string of the molecule is CB(O)O[C@@H]1CCCC[C@@H]1C. The standard InChI is InChI=1S/C8H17BO2/c1-7-5-3-4-6-8(7)11-9(2)10/h7-8,10H,3-6H2,1-2H3/t7-,8+/m0/s1. The number of hydrogen-bond acceptors (Lipinski definition) is 2. The highest BCUT2D eigenvalue weighted by Gasteiger charge is 2.23. The molecule has 64 valence electrons. The highest BCUT2D eigenvalue weighted by atomic mass is 16.5. The summed E-state index contributed by atoms with van der Waals surface area (Å²) in [6.45, 7) is 3.88. The van der Waals surface area contributed by atoms with Crippen molar-refractivity contribution in [3.05, 3.63) is 0 Å². The Bertz CT molecular complexity index is 117. The summed E-state index contributed by atoms with van der Waals surface area (Å²) in [6, 6.07) is 0. The zero-order valence-corrected chi connectivity index (χ0v) is 7.42. The van der Waals surface area contributed by atoms with Crippen LogP contribution >= 0.6 is 0 Å². The summed E-state index contributed by atoms with van der Waals surface area (Å²) in [5.74, 6) is 0.623. The minimum atomic E-state index is -0.597. The van der Waals surface area contributed by atoms with Gasteiger partial charge in [-0.05, 0) is 25.6 Å². The van der Waals surface area contributed by atoms with Crippen molar-refractivity contribution in [2.75, 3.05) is 0 Å². The topological polar surface area (TPSA) is 29.5 Å². The van der Waals surface area contributed by atoms with E-state index in [1.807, 2.05) is 0 Å². The third kappa shape index (κ3) is 2.84. The maximum absolute atomic E-state index is 9.00. The molecule has 0 unspecified atom stereocenters. The van der Waals surface area contributed by atoms with E-state index in [0.29, 0.717) is 12.0 Å². The summed E-state index contributed by atoms with van der Waals surface area (Å²) in [5, 5.41) is 9.00. The van der Waals surface area contributed by atoms with Gasteiger partial charge in [-0.15, -0.1) is 0 Å². The average molecular weight is 156 g/mol. The first-order chi connectivity index (χ1) is 5.20. The Balaban J connectivity index is 2.29. The van der Waals surface area contributed by atoms with Gasteiger partial charge in [0.15, 0.2) is 0 Å². The average Bonchev–Trinajstić information content (AvgIpc) is 1.93. The molecule has 1 N–H and O–H groups in total. The van der Waals surface area contributed by atoms with E-state index in [0.717, 1.165) is 6.42 Å². The van der Waals surface area contributed by atoms with Gasteiger partial charge in [-0.25, -0.2) is 0 Å². The summed E-state index contributed by atoms with van der Waals surface area (Å²) in [4.78, 5) is 0. The maximum Gasteiger partial charge on any atom is 0.451 e. The zero-order chi connectivity index (χ0) is 8.27. The van der Waals surface area contributed by atoms with E-state index in [1.165, 1.54) is 19.3 Å². The molecular formula is C8H17BO2. The van der Waals surface area contributed by atoms with Gasteiger partial charge in [0.2, 0.25) is 0 Å². The van der Waals surface area contributed by atoms with Crippen molar-refractivity contribution in [2.45, 2.75) is 45.5 Å². The van der Waals surface area contributed by atoms with Crippen LogP contribution in [0, 0.1) is 5.92 Å². The van der Waals surface area contributed by atoms with Crippen molar-refractivity contribution in [2.24, 2.45) is 5.92 Å². The van der Waals surface area contributed by atoms with Gasteiger partial charge in [-0.2, -0.15) is 0 Å². The second kappa shape index (κ2) is 4.12. The molecule has 0 amide bonds. The van der Waals surface area contributed by atoms with E-state index in [2.05, 4.69) is 6.92 Å². The first-order valence-electron chi connectivity index (χ1n) is 4.53. The Kier molecular flexibility index (Phi) is 3.40. The monoisotopic (exact) mass is 156 g/mol. The first kappa shape index (κ1) is 9.08. The maximum atomic E-state index is 9.00. The van der Waals surface area contributed by atoms with Crippen molar-refractivity contribution < 1.29 is 9.68 Å². The molecule has 0 aromatic rings. The van der Waals surface area contributed by atoms with E-state index in [-0.39, 0.29) is 0 Å². The molecule has 0 heterocycles. The van der Waals surface area contributed by atoms with E-state index >= 15 is 0 Å². The largest absolute Gasteiger partial charge is 0.451 e. The minimum absolute atomic E-state index is 0.295. The Labute approximate surface area is 69.1 Å². The molecule has 3 heteroatoms. The molecule has 1 aliphatic carbocycles. The van der Waals surface area contributed by atoms with Gasteiger partial charge in [0, 0.05) is 6.10 Å². The number of hydrogen-bond donors (Lipinski definition) is 1. The summed E-state index contributed by atoms with van der Waals surface area (Å²) < 4.78 is 5.36. The minimum Gasteiger partial charge on any atom is -0.427 e. The van der Waals surface area contributed by atoms with Gasteiger partial charge >= 0.3 is 7.12 Å². The lowest BCUT2D eigenvalue weighted by molar-refractivity contribution is 0.0828. The van der Waals surface area contributed by atoms with Crippen LogP contribution < -0.4 is 0 Å². The van der Waals surface area contributed by atoms with E-state index in [9.17, 15) is 0 Å². The van der Waals surface area contributed by atoms with Crippen LogP contribution in [-0.4, -0.2) is 18.2 Å². The van der Waals surface area contributed by atoms with Crippen molar-refractivity contribution >= 4 is 7.12 Å². The van der Waals surface area contributed by atoms with Crippen LogP contribution in [0.5, 0.6) is 0 Å². The molecule has 0 aromatic carbocycles. The van der Waals surface area contributed by atoms with Gasteiger partial charge in [0.05, 0.1) is 0 Å². The lowest BCUT2D eigenvalue weighted by Gasteiger charge is -2.29. The van der Waals surface area contributed by atoms with Crippen molar-refractivity contribution in [1.29, 1.82) is 0 Å². The molecule has 2 nitrogen and oxygen atoms in total. The van der Waals surface area contributed by atoms with Gasteiger partial charge < -0.3 is 9.68 Å². The second-order valence-electron chi connectivity index (χ2n) is 3.54. The second-order valence-corrected chi connectivity index (χ2v) is 3.54. The lowest BCUT2D eigenvalue weighted by atomic mass is 9.85. The van der Waals surface area contributed by atoms with Crippen LogP contribution in [0.3, 0.4) is 0 Å². The Morgan fingerprint density at radius 2 is 2.00 bits per heavy atom. The Morgan fingerprint density at radius 3 is 2.55 bits per heavy atom. The fourth-order valence-electron chi connectivity index (χ4n) is 1.74. The van der Waals surface area contributed by atoms with Gasteiger partial charge in [0.25, 0.3) is 0 Å². The molecule has 0 aromatic heterocycles. The highest BCUT2D eigenvalue weighted by Crippen LogP contribution is 2.26. The summed E-state index contributed by atoms with van der Waals surface area (Å²) in [7, 11) is -0.597. The van der Waals surface area contributed by atoms with E-state index in [1.54, 1.807) is 6.82 Å². The Hall–Kier alpha value is -0.0151. The molecule has 2 atom stereocenters. The summed E-state index contributed by atoms with van der Waals surface area (Å²) in [6.07, 6.45) is 5.23. The van der Waals surface area contributed by atoms with Crippen molar-refractivity contribution in [1.82, 2.24) is 0 Å². The summed E-state index contributed by atoms with van der Waals surface area (Å²) >= 11 is 0. The fraction of sp³-hybridized carbons (Fsp3) is 1.00. The van der Waals surface area contributed by atoms with Crippen LogP contribution in [0.25, 0.3) is 0 Å². The van der Waals surface area contributed by atoms with Gasteiger partial charge in [-0.3, -0.25) is 0 Å². The van der Waals surface area contributed by atoms with Gasteiger partial charge in [0.1, 0.15) is 0 Å². The van der Waals surface area contributed by atoms with Crippen LogP contribution in [0.15, 0.2) is 0 Å². The third-order valence-corrected chi connectivity index (χ3v) is 2.40.